The molecule has 0 aliphatic carbocycles. The van der Waals surface area contributed by atoms with E-state index in [-0.39, 0.29) is 5.97 Å². The zero-order valence-electron chi connectivity index (χ0n) is 7.49. The fourth-order valence-electron chi connectivity index (χ4n) is 0.814. The third-order valence-corrected chi connectivity index (χ3v) is 3.48. The summed E-state index contributed by atoms with van der Waals surface area (Å²) in [7, 11) is 0. The first-order valence-corrected chi connectivity index (χ1v) is 6.01. The molecule has 1 aromatic rings. The van der Waals surface area contributed by atoms with Crippen molar-refractivity contribution in [3.05, 3.63) is 17.5 Å². The molecule has 0 radical (unpaired) electrons. The van der Waals surface area contributed by atoms with Gasteiger partial charge in [-0.3, -0.25) is 4.79 Å². The fraction of sp³-hybridized carbons (Fsp3) is 0.444. The molecule has 0 N–H and O–H groups in total. The van der Waals surface area contributed by atoms with Gasteiger partial charge in [0.25, 0.3) is 0 Å². The van der Waals surface area contributed by atoms with Crippen LogP contribution in [0.5, 0.6) is 0 Å². The molecule has 72 valence electrons. The number of esters is 1. The van der Waals surface area contributed by atoms with Gasteiger partial charge < -0.3 is 4.74 Å². The van der Waals surface area contributed by atoms with E-state index in [1.54, 1.807) is 23.1 Å². The van der Waals surface area contributed by atoms with E-state index in [1.165, 1.54) is 4.21 Å². The van der Waals surface area contributed by atoms with Gasteiger partial charge in [-0.15, -0.1) is 23.1 Å². The second-order valence-corrected chi connectivity index (χ2v) is 4.68. The van der Waals surface area contributed by atoms with Gasteiger partial charge in [-0.2, -0.15) is 0 Å². The van der Waals surface area contributed by atoms with Gasteiger partial charge in [-0.25, -0.2) is 0 Å². The first-order valence-electron chi connectivity index (χ1n) is 4.15. The van der Waals surface area contributed by atoms with Crippen LogP contribution in [0.15, 0.2) is 21.7 Å². The molecule has 4 heteroatoms. The zero-order chi connectivity index (χ0) is 9.52. The van der Waals surface area contributed by atoms with Crippen molar-refractivity contribution >= 4 is 29.1 Å². The Morgan fingerprint density at radius 2 is 2.54 bits per heavy atom. The molecule has 0 aliphatic rings. The summed E-state index contributed by atoms with van der Waals surface area (Å²) in [6.07, 6.45) is 0.496. The van der Waals surface area contributed by atoms with E-state index in [0.717, 1.165) is 5.75 Å². The molecular weight excluding hydrogens is 204 g/mol. The van der Waals surface area contributed by atoms with E-state index in [2.05, 4.69) is 6.07 Å². The highest BCUT2D eigenvalue weighted by Crippen LogP contribution is 2.23. The molecule has 0 unspecified atom stereocenters. The molecular formula is C9H12O2S2. The van der Waals surface area contributed by atoms with Crippen molar-refractivity contribution in [2.45, 2.75) is 17.6 Å². The Balaban J connectivity index is 2.11. The lowest BCUT2D eigenvalue weighted by molar-refractivity contribution is -0.142. The summed E-state index contributed by atoms with van der Waals surface area (Å²) >= 11 is 3.40. The Kier molecular flexibility index (Phi) is 4.93. The number of thiophene rings is 1. The summed E-state index contributed by atoms with van der Waals surface area (Å²) in [6, 6.07) is 4.07. The van der Waals surface area contributed by atoms with E-state index in [9.17, 15) is 4.79 Å². The second kappa shape index (κ2) is 6.05. The molecule has 0 bridgehead atoms. The van der Waals surface area contributed by atoms with Crippen molar-refractivity contribution in [1.29, 1.82) is 0 Å². The van der Waals surface area contributed by atoms with Crippen LogP contribution in [-0.2, 0) is 9.53 Å². The minimum Gasteiger partial charge on any atom is -0.466 e. The predicted octanol–water partition coefficient (Wildman–Crippen LogP) is 2.79. The number of hydrogen-bond donors (Lipinski definition) is 0. The molecule has 0 aromatic carbocycles. The number of carbonyl (C=O) groups excluding carboxylic acids is 1. The molecule has 0 saturated heterocycles. The maximum absolute atomic E-state index is 10.9. The minimum absolute atomic E-state index is 0.105. The van der Waals surface area contributed by atoms with Crippen molar-refractivity contribution in [2.24, 2.45) is 0 Å². The van der Waals surface area contributed by atoms with Gasteiger partial charge in [0.05, 0.1) is 17.2 Å². The third kappa shape index (κ3) is 4.33. The highest BCUT2D eigenvalue weighted by Gasteiger charge is 2.01. The molecule has 0 spiro atoms. The average molecular weight is 216 g/mol. The fourth-order valence-corrected chi connectivity index (χ4v) is 2.60. The maximum atomic E-state index is 10.9. The topological polar surface area (TPSA) is 26.3 Å². The van der Waals surface area contributed by atoms with E-state index in [1.807, 2.05) is 18.4 Å². The van der Waals surface area contributed by atoms with Crippen LogP contribution >= 0.6 is 23.1 Å². The predicted molar refractivity (Wildman–Crippen MR) is 56.3 cm³/mol. The molecule has 0 atom stereocenters. The summed E-state index contributed by atoms with van der Waals surface area (Å²) in [5.74, 6) is 0.700. The Bertz CT molecular complexity index is 244. The molecule has 0 aliphatic heterocycles. The lowest BCUT2D eigenvalue weighted by Crippen LogP contribution is -2.04. The van der Waals surface area contributed by atoms with Gasteiger partial charge in [-0.05, 0) is 18.4 Å². The summed E-state index contributed by atoms with van der Waals surface area (Å²) in [4.78, 5) is 10.9. The van der Waals surface area contributed by atoms with Gasteiger partial charge in [0, 0.05) is 5.75 Å². The Hall–Kier alpha value is -0.480. The molecule has 1 aromatic heterocycles. The largest absolute Gasteiger partial charge is 0.466 e. The normalized spacial score (nSPS) is 9.92. The lowest BCUT2D eigenvalue weighted by Gasteiger charge is -1.99. The summed E-state index contributed by atoms with van der Waals surface area (Å²) in [6.45, 7) is 2.30. The van der Waals surface area contributed by atoms with Crippen molar-refractivity contribution in [1.82, 2.24) is 0 Å². The van der Waals surface area contributed by atoms with Crippen LogP contribution in [0.1, 0.15) is 13.3 Å². The van der Waals surface area contributed by atoms with Crippen molar-refractivity contribution in [2.75, 3.05) is 12.4 Å². The molecule has 1 rings (SSSR count). The molecule has 1 heterocycles. The smallest absolute Gasteiger partial charge is 0.306 e. The monoisotopic (exact) mass is 216 g/mol. The third-order valence-electron chi connectivity index (χ3n) is 1.35. The van der Waals surface area contributed by atoms with Gasteiger partial charge in [-0.1, -0.05) is 6.07 Å². The van der Waals surface area contributed by atoms with Crippen LogP contribution in [0.3, 0.4) is 0 Å². The highest BCUT2D eigenvalue weighted by atomic mass is 32.2. The number of rotatable bonds is 5. The van der Waals surface area contributed by atoms with E-state index >= 15 is 0 Å². The Morgan fingerprint density at radius 3 is 3.15 bits per heavy atom. The standard InChI is InChI=1S/C9H12O2S2/c1-2-11-8(10)5-7-13-9-4-3-6-12-9/h3-4,6H,2,5,7H2,1H3. The molecule has 2 nitrogen and oxygen atoms in total. The van der Waals surface area contributed by atoms with Crippen molar-refractivity contribution in [3.8, 4) is 0 Å². The quantitative estimate of drug-likeness (QED) is 0.559. The van der Waals surface area contributed by atoms with Crippen LogP contribution < -0.4 is 0 Å². The van der Waals surface area contributed by atoms with Crippen LogP contribution in [0.25, 0.3) is 0 Å². The van der Waals surface area contributed by atoms with Crippen LogP contribution in [0, 0.1) is 0 Å². The average Bonchev–Trinajstić information content (AvgIpc) is 2.57. The number of thioether (sulfide) groups is 1. The van der Waals surface area contributed by atoms with Gasteiger partial charge >= 0.3 is 5.97 Å². The molecule has 13 heavy (non-hydrogen) atoms. The first-order chi connectivity index (χ1) is 6.33. The molecule has 0 fully saturated rings. The number of hydrogen-bond acceptors (Lipinski definition) is 4. The highest BCUT2D eigenvalue weighted by molar-refractivity contribution is 8.01. The minimum atomic E-state index is -0.105. The zero-order valence-corrected chi connectivity index (χ0v) is 9.12. The summed E-state index contributed by atoms with van der Waals surface area (Å²) < 4.78 is 6.07. The van der Waals surface area contributed by atoms with E-state index in [4.69, 9.17) is 4.74 Å². The molecule has 0 saturated carbocycles. The van der Waals surface area contributed by atoms with E-state index in [0.29, 0.717) is 13.0 Å². The first kappa shape index (κ1) is 10.6. The second-order valence-electron chi connectivity index (χ2n) is 2.34. The van der Waals surface area contributed by atoms with Crippen molar-refractivity contribution < 1.29 is 9.53 Å². The Labute approximate surface area is 86.3 Å². The number of carbonyl (C=O) groups is 1. The maximum Gasteiger partial charge on any atom is 0.306 e. The van der Waals surface area contributed by atoms with Gasteiger partial charge in [0.2, 0.25) is 0 Å². The summed E-state index contributed by atoms with van der Waals surface area (Å²) in [5.41, 5.74) is 0. The van der Waals surface area contributed by atoms with Gasteiger partial charge in [0.1, 0.15) is 0 Å². The van der Waals surface area contributed by atoms with Crippen LogP contribution in [0.4, 0.5) is 0 Å². The van der Waals surface area contributed by atoms with Gasteiger partial charge in [0.15, 0.2) is 0 Å². The summed E-state index contributed by atoms with van der Waals surface area (Å²) in [5, 5.41) is 2.03. The van der Waals surface area contributed by atoms with E-state index < -0.39 is 0 Å². The van der Waals surface area contributed by atoms with Crippen LogP contribution in [0.2, 0.25) is 0 Å². The van der Waals surface area contributed by atoms with Crippen molar-refractivity contribution in [3.63, 3.8) is 0 Å². The lowest BCUT2D eigenvalue weighted by atomic mass is 10.5. The molecule has 0 amide bonds. The Morgan fingerprint density at radius 1 is 1.69 bits per heavy atom. The van der Waals surface area contributed by atoms with Crippen LogP contribution in [-0.4, -0.2) is 18.3 Å². The SMILES string of the molecule is CCOC(=O)CCSc1cccs1. The number of ether oxygens (including phenoxy) is 1.